The third-order valence-corrected chi connectivity index (χ3v) is 2.49. The van der Waals surface area contributed by atoms with Gasteiger partial charge in [0.05, 0.1) is 12.6 Å². The normalized spacial score (nSPS) is 10.1. The number of pyridine rings is 1. The van der Waals surface area contributed by atoms with E-state index in [0.29, 0.717) is 29.9 Å². The van der Waals surface area contributed by atoms with Gasteiger partial charge in [0.15, 0.2) is 0 Å². The summed E-state index contributed by atoms with van der Waals surface area (Å²) in [7, 11) is 1.54. The Labute approximate surface area is 105 Å². The van der Waals surface area contributed by atoms with Crippen molar-refractivity contribution in [2.24, 2.45) is 5.73 Å². The quantitative estimate of drug-likeness (QED) is 0.917. The maximum atomic E-state index is 13.6. The Morgan fingerprint density at radius 3 is 2.65 bits per heavy atom. The van der Waals surface area contributed by atoms with E-state index in [1.54, 1.807) is 12.1 Å². The molecule has 2 aromatic rings. The van der Waals surface area contributed by atoms with E-state index >= 15 is 0 Å². The summed E-state index contributed by atoms with van der Waals surface area (Å²) in [5.41, 5.74) is 6.65. The molecule has 0 atom stereocenters. The number of hydrogen-bond donors (Lipinski definition) is 1. The molecule has 1 aromatic carbocycles. The first kappa shape index (κ1) is 13.7. The van der Waals surface area contributed by atoms with Gasteiger partial charge in [0.25, 0.3) is 0 Å². The first-order valence-corrected chi connectivity index (χ1v) is 5.08. The number of benzene rings is 1. The van der Waals surface area contributed by atoms with Crippen LogP contribution in [-0.2, 0) is 6.42 Å². The van der Waals surface area contributed by atoms with E-state index in [4.69, 9.17) is 10.5 Å². The third kappa shape index (κ3) is 2.65. The Kier molecular flexibility index (Phi) is 4.66. The molecule has 0 saturated carbocycles. The Morgan fingerprint density at radius 2 is 2.00 bits per heavy atom. The number of aromatic nitrogens is 1. The summed E-state index contributed by atoms with van der Waals surface area (Å²) in [6.07, 6.45) is 0.476. The molecule has 2 N–H and O–H groups in total. The van der Waals surface area contributed by atoms with Crippen LogP contribution in [0.3, 0.4) is 0 Å². The largest absolute Gasteiger partial charge is 0.481 e. The van der Waals surface area contributed by atoms with Crippen molar-refractivity contribution in [3.8, 4) is 5.88 Å². The van der Waals surface area contributed by atoms with Crippen LogP contribution in [0, 0.1) is 5.82 Å². The van der Waals surface area contributed by atoms with Crippen molar-refractivity contribution in [1.82, 2.24) is 4.98 Å². The van der Waals surface area contributed by atoms with E-state index in [1.807, 2.05) is 6.07 Å². The highest BCUT2D eigenvalue weighted by atomic mass is 35.5. The van der Waals surface area contributed by atoms with E-state index in [0.717, 1.165) is 5.39 Å². The molecule has 0 aliphatic carbocycles. The second-order valence-corrected chi connectivity index (χ2v) is 3.49. The summed E-state index contributed by atoms with van der Waals surface area (Å²) in [5.74, 6) is 0.218. The van der Waals surface area contributed by atoms with Crippen LogP contribution in [0.5, 0.6) is 5.88 Å². The molecule has 0 bridgehead atoms. The zero-order valence-corrected chi connectivity index (χ0v) is 10.3. The van der Waals surface area contributed by atoms with Crippen LogP contribution in [0.4, 0.5) is 4.39 Å². The van der Waals surface area contributed by atoms with E-state index < -0.39 is 0 Å². The molecule has 0 aliphatic rings. The molecule has 1 aromatic heterocycles. The summed E-state index contributed by atoms with van der Waals surface area (Å²) in [5, 5.41) is 0.894. The number of fused-ring (bicyclic) bond motifs is 1. The highest BCUT2D eigenvalue weighted by Gasteiger charge is 2.09. The topological polar surface area (TPSA) is 48.1 Å². The lowest BCUT2D eigenvalue weighted by Gasteiger charge is -2.07. The lowest BCUT2D eigenvalue weighted by molar-refractivity contribution is 0.399. The van der Waals surface area contributed by atoms with Gasteiger partial charge in [-0.2, -0.15) is 0 Å². The number of methoxy groups -OCH3 is 1. The Morgan fingerprint density at radius 1 is 1.29 bits per heavy atom. The minimum atomic E-state index is -0.265. The summed E-state index contributed by atoms with van der Waals surface area (Å²) in [6, 6.07) is 6.77. The van der Waals surface area contributed by atoms with E-state index in [2.05, 4.69) is 4.98 Å². The zero-order chi connectivity index (χ0) is 11.5. The highest BCUT2D eigenvalue weighted by Crippen LogP contribution is 2.22. The fourth-order valence-corrected chi connectivity index (χ4v) is 1.70. The van der Waals surface area contributed by atoms with Crippen molar-refractivity contribution < 1.29 is 9.13 Å². The number of hydrogen-bond acceptors (Lipinski definition) is 3. The van der Waals surface area contributed by atoms with E-state index in [9.17, 15) is 4.39 Å². The van der Waals surface area contributed by atoms with Crippen LogP contribution < -0.4 is 10.5 Å². The molecule has 0 amide bonds. The summed E-state index contributed by atoms with van der Waals surface area (Å²) in [6.45, 7) is 0.398. The summed E-state index contributed by atoms with van der Waals surface area (Å²) >= 11 is 0. The number of rotatable bonds is 3. The van der Waals surface area contributed by atoms with E-state index in [1.165, 1.54) is 13.2 Å². The Bertz CT molecular complexity index is 519. The van der Waals surface area contributed by atoms with E-state index in [-0.39, 0.29) is 18.2 Å². The molecule has 2 rings (SSSR count). The average molecular weight is 257 g/mol. The number of halogens is 2. The molecule has 17 heavy (non-hydrogen) atoms. The molecule has 0 unspecified atom stereocenters. The maximum absolute atomic E-state index is 13.6. The van der Waals surface area contributed by atoms with Crippen molar-refractivity contribution in [2.45, 2.75) is 6.42 Å². The summed E-state index contributed by atoms with van der Waals surface area (Å²) in [4.78, 5) is 4.26. The predicted molar refractivity (Wildman–Crippen MR) is 68.3 cm³/mol. The minimum Gasteiger partial charge on any atom is -0.481 e. The smallest absolute Gasteiger partial charge is 0.213 e. The molecular weight excluding hydrogens is 243 g/mol. The minimum absolute atomic E-state index is 0. The third-order valence-electron chi connectivity index (χ3n) is 2.49. The summed E-state index contributed by atoms with van der Waals surface area (Å²) < 4.78 is 18.6. The number of ether oxygens (including phenoxy) is 1. The van der Waals surface area contributed by atoms with Crippen molar-refractivity contribution >= 4 is 23.3 Å². The SMILES string of the molecule is COc1ccc2ccc(F)c(CCN)c2n1.Cl. The van der Waals surface area contributed by atoms with Gasteiger partial charge in [-0.3, -0.25) is 0 Å². The lowest BCUT2D eigenvalue weighted by Crippen LogP contribution is -2.06. The molecule has 1 heterocycles. The lowest BCUT2D eigenvalue weighted by atomic mass is 10.1. The molecule has 3 nitrogen and oxygen atoms in total. The van der Waals surface area contributed by atoms with Crippen LogP contribution in [0.2, 0.25) is 0 Å². The van der Waals surface area contributed by atoms with Crippen molar-refractivity contribution in [3.63, 3.8) is 0 Å². The van der Waals surface area contributed by atoms with Crippen molar-refractivity contribution in [2.75, 3.05) is 13.7 Å². The molecule has 0 radical (unpaired) electrons. The molecule has 5 heteroatoms. The number of nitrogens with two attached hydrogens (primary N) is 1. The predicted octanol–water partition coefficient (Wildman–Crippen LogP) is 2.31. The van der Waals surface area contributed by atoms with Crippen LogP contribution in [-0.4, -0.2) is 18.6 Å². The molecule has 92 valence electrons. The first-order chi connectivity index (χ1) is 7.76. The van der Waals surface area contributed by atoms with Gasteiger partial charge >= 0.3 is 0 Å². The van der Waals surface area contributed by atoms with Gasteiger partial charge in [0, 0.05) is 17.0 Å². The zero-order valence-electron chi connectivity index (χ0n) is 9.44. The van der Waals surface area contributed by atoms with Crippen LogP contribution >= 0.6 is 12.4 Å². The fraction of sp³-hybridized carbons (Fsp3) is 0.250. The second-order valence-electron chi connectivity index (χ2n) is 3.49. The van der Waals surface area contributed by atoms with Crippen molar-refractivity contribution in [1.29, 1.82) is 0 Å². The number of nitrogens with zero attached hydrogens (tertiary/aromatic N) is 1. The van der Waals surface area contributed by atoms with Crippen molar-refractivity contribution in [3.05, 3.63) is 35.6 Å². The molecule has 0 fully saturated rings. The maximum Gasteiger partial charge on any atom is 0.213 e. The van der Waals surface area contributed by atoms with Crippen LogP contribution in [0.1, 0.15) is 5.56 Å². The van der Waals surface area contributed by atoms with Crippen LogP contribution in [0.15, 0.2) is 24.3 Å². The molecule has 0 saturated heterocycles. The Hall–Kier alpha value is -1.39. The van der Waals surface area contributed by atoms with Gasteiger partial charge in [-0.1, -0.05) is 0 Å². The average Bonchev–Trinajstić information content (AvgIpc) is 2.32. The van der Waals surface area contributed by atoms with Gasteiger partial charge in [0.2, 0.25) is 5.88 Å². The van der Waals surface area contributed by atoms with Gasteiger partial charge in [-0.05, 0) is 31.2 Å². The molecule has 0 spiro atoms. The van der Waals surface area contributed by atoms with Gasteiger partial charge in [-0.15, -0.1) is 12.4 Å². The van der Waals surface area contributed by atoms with Crippen LogP contribution in [0.25, 0.3) is 10.9 Å². The monoisotopic (exact) mass is 256 g/mol. The molecular formula is C12H14ClFN2O. The molecule has 0 aliphatic heterocycles. The van der Waals surface area contributed by atoms with Gasteiger partial charge < -0.3 is 10.5 Å². The highest BCUT2D eigenvalue weighted by molar-refractivity contribution is 5.85. The second kappa shape index (κ2) is 5.80. The standard InChI is InChI=1S/C12H13FN2O.ClH/c1-16-11-5-3-8-2-4-10(13)9(6-7-14)12(8)15-11;/h2-5H,6-7,14H2,1H3;1H. The Balaban J connectivity index is 0.00000144. The fourth-order valence-electron chi connectivity index (χ4n) is 1.70. The van der Waals surface area contributed by atoms with Gasteiger partial charge in [-0.25, -0.2) is 9.37 Å². The first-order valence-electron chi connectivity index (χ1n) is 5.08. The van der Waals surface area contributed by atoms with Gasteiger partial charge in [0.1, 0.15) is 5.82 Å².